The van der Waals surface area contributed by atoms with Crippen LogP contribution in [0.5, 0.6) is 0 Å². The van der Waals surface area contributed by atoms with E-state index in [0.717, 1.165) is 43.5 Å². The average molecular weight is 269 g/mol. The Labute approximate surface area is 116 Å². The van der Waals surface area contributed by atoms with E-state index in [-0.39, 0.29) is 12.2 Å². The first-order valence-electron chi connectivity index (χ1n) is 7.40. The zero-order valence-corrected chi connectivity index (χ0v) is 12.7. The molecule has 1 aliphatic rings. The smallest absolute Gasteiger partial charge is 0.335 e. The molecule has 4 nitrogen and oxygen atoms in total. The number of nitrogens with zero attached hydrogens (tertiary/aromatic N) is 1. The summed E-state index contributed by atoms with van der Waals surface area (Å²) < 4.78 is 10.9. The molecule has 1 unspecified atom stereocenters. The van der Waals surface area contributed by atoms with Crippen molar-refractivity contribution in [2.45, 2.75) is 59.6 Å². The van der Waals surface area contributed by atoms with Gasteiger partial charge in [-0.05, 0) is 40.0 Å². The van der Waals surface area contributed by atoms with Gasteiger partial charge in [0, 0.05) is 18.8 Å². The number of ether oxygens (including phenoxy) is 2. The molecule has 19 heavy (non-hydrogen) atoms. The third kappa shape index (κ3) is 4.23. The van der Waals surface area contributed by atoms with Crippen LogP contribution < -0.4 is 0 Å². The fraction of sp³-hybridized carbons (Fsp3) is 0.800. The standard InChI is InChI=1S/C15H27NO3/c1-5-8-11-16-12(4)13(15(17)19-7-3)9-10-14(16)18-6-2/h14H,5-11H2,1-4H3. The molecule has 0 fully saturated rings. The van der Waals surface area contributed by atoms with Crippen LogP contribution in [0.2, 0.25) is 0 Å². The molecular weight excluding hydrogens is 242 g/mol. The second-order valence-corrected chi connectivity index (χ2v) is 4.78. The molecular formula is C15H27NO3. The van der Waals surface area contributed by atoms with Gasteiger partial charge < -0.3 is 14.4 Å². The van der Waals surface area contributed by atoms with Crippen molar-refractivity contribution >= 4 is 5.97 Å². The minimum absolute atomic E-state index is 0.106. The Morgan fingerprint density at radius 1 is 1.32 bits per heavy atom. The number of rotatable bonds is 7. The van der Waals surface area contributed by atoms with Crippen molar-refractivity contribution in [1.82, 2.24) is 4.90 Å². The number of esters is 1. The summed E-state index contributed by atoms with van der Waals surface area (Å²) in [6.07, 6.45) is 3.96. The van der Waals surface area contributed by atoms with Gasteiger partial charge >= 0.3 is 5.97 Å². The van der Waals surface area contributed by atoms with Gasteiger partial charge in [-0.3, -0.25) is 0 Å². The highest BCUT2D eigenvalue weighted by molar-refractivity contribution is 5.89. The zero-order valence-electron chi connectivity index (χ0n) is 12.7. The van der Waals surface area contributed by atoms with Crippen molar-refractivity contribution in [2.75, 3.05) is 19.8 Å². The van der Waals surface area contributed by atoms with E-state index in [2.05, 4.69) is 11.8 Å². The number of hydrogen-bond acceptors (Lipinski definition) is 4. The Kier molecular flexibility index (Phi) is 6.92. The topological polar surface area (TPSA) is 38.8 Å². The Hall–Kier alpha value is -1.03. The van der Waals surface area contributed by atoms with Crippen molar-refractivity contribution in [3.8, 4) is 0 Å². The van der Waals surface area contributed by atoms with Gasteiger partial charge in [-0.1, -0.05) is 13.3 Å². The third-order valence-electron chi connectivity index (χ3n) is 3.49. The maximum atomic E-state index is 11.9. The molecule has 1 aliphatic heterocycles. The average Bonchev–Trinajstić information content (AvgIpc) is 2.39. The van der Waals surface area contributed by atoms with Crippen molar-refractivity contribution in [2.24, 2.45) is 0 Å². The van der Waals surface area contributed by atoms with Crippen LogP contribution in [-0.4, -0.2) is 36.9 Å². The lowest BCUT2D eigenvalue weighted by Crippen LogP contribution is -2.41. The summed E-state index contributed by atoms with van der Waals surface area (Å²) in [5.74, 6) is -0.170. The molecule has 1 rings (SSSR count). The lowest BCUT2D eigenvalue weighted by molar-refractivity contribution is -0.139. The van der Waals surface area contributed by atoms with Crippen molar-refractivity contribution < 1.29 is 14.3 Å². The second kappa shape index (κ2) is 8.20. The molecule has 0 aromatic rings. The molecule has 1 atom stereocenters. The number of carbonyl (C=O) groups excluding carboxylic acids is 1. The van der Waals surface area contributed by atoms with Crippen LogP contribution in [0.3, 0.4) is 0 Å². The molecule has 0 bridgehead atoms. The van der Waals surface area contributed by atoms with Crippen LogP contribution in [0, 0.1) is 0 Å². The van der Waals surface area contributed by atoms with Crippen molar-refractivity contribution in [1.29, 1.82) is 0 Å². The van der Waals surface area contributed by atoms with E-state index in [0.29, 0.717) is 13.2 Å². The van der Waals surface area contributed by atoms with Gasteiger partial charge in [0.15, 0.2) is 0 Å². The predicted octanol–water partition coefficient (Wildman–Crippen LogP) is 3.08. The van der Waals surface area contributed by atoms with Gasteiger partial charge in [0.2, 0.25) is 0 Å². The normalized spacial score (nSPS) is 19.8. The molecule has 0 spiro atoms. The van der Waals surface area contributed by atoms with Crippen LogP contribution in [0.4, 0.5) is 0 Å². The van der Waals surface area contributed by atoms with E-state index in [1.807, 2.05) is 20.8 Å². The van der Waals surface area contributed by atoms with E-state index in [1.165, 1.54) is 0 Å². The molecule has 0 saturated carbocycles. The van der Waals surface area contributed by atoms with E-state index in [4.69, 9.17) is 9.47 Å². The summed E-state index contributed by atoms with van der Waals surface area (Å²) in [6, 6.07) is 0. The molecule has 4 heteroatoms. The fourth-order valence-corrected chi connectivity index (χ4v) is 2.47. The summed E-state index contributed by atoms with van der Waals surface area (Å²) in [6.45, 7) is 10.1. The molecule has 0 aromatic heterocycles. The Morgan fingerprint density at radius 2 is 2.05 bits per heavy atom. The monoisotopic (exact) mass is 269 g/mol. The van der Waals surface area contributed by atoms with E-state index >= 15 is 0 Å². The molecule has 0 aliphatic carbocycles. The molecule has 0 radical (unpaired) electrons. The number of allylic oxidation sites excluding steroid dienone is 1. The van der Waals surface area contributed by atoms with Crippen LogP contribution in [0.1, 0.15) is 53.4 Å². The van der Waals surface area contributed by atoms with Gasteiger partial charge in [0.05, 0.1) is 12.2 Å². The van der Waals surface area contributed by atoms with Crippen molar-refractivity contribution in [3.63, 3.8) is 0 Å². The summed E-state index contributed by atoms with van der Waals surface area (Å²) in [4.78, 5) is 14.2. The zero-order chi connectivity index (χ0) is 14.3. The van der Waals surface area contributed by atoms with Crippen LogP contribution >= 0.6 is 0 Å². The molecule has 0 aromatic carbocycles. The summed E-state index contributed by atoms with van der Waals surface area (Å²) in [5.41, 5.74) is 1.84. The minimum Gasteiger partial charge on any atom is -0.463 e. The van der Waals surface area contributed by atoms with Gasteiger partial charge in [-0.25, -0.2) is 4.79 Å². The van der Waals surface area contributed by atoms with Crippen molar-refractivity contribution in [3.05, 3.63) is 11.3 Å². The lowest BCUT2D eigenvalue weighted by Gasteiger charge is -2.38. The summed E-state index contributed by atoms with van der Waals surface area (Å²) in [7, 11) is 0. The molecule has 110 valence electrons. The quantitative estimate of drug-likeness (QED) is 0.666. The first-order valence-corrected chi connectivity index (χ1v) is 7.40. The highest BCUT2D eigenvalue weighted by Gasteiger charge is 2.29. The predicted molar refractivity (Wildman–Crippen MR) is 75.6 cm³/mol. The number of unbranched alkanes of at least 4 members (excludes halogenated alkanes) is 1. The fourth-order valence-electron chi connectivity index (χ4n) is 2.47. The molecule has 0 saturated heterocycles. The van der Waals surface area contributed by atoms with E-state index < -0.39 is 0 Å². The highest BCUT2D eigenvalue weighted by atomic mass is 16.5. The summed E-state index contributed by atoms with van der Waals surface area (Å²) in [5, 5.41) is 0. The molecule has 0 amide bonds. The third-order valence-corrected chi connectivity index (χ3v) is 3.49. The SMILES string of the molecule is CCCCN1C(C)=C(C(=O)OCC)CCC1OCC. The largest absolute Gasteiger partial charge is 0.463 e. The maximum absolute atomic E-state index is 11.9. The minimum atomic E-state index is -0.170. The number of carbonyl (C=O) groups is 1. The van der Waals surface area contributed by atoms with Crippen LogP contribution in [-0.2, 0) is 14.3 Å². The molecule has 1 heterocycles. The Balaban J connectivity index is 2.86. The van der Waals surface area contributed by atoms with Gasteiger partial charge in [0.1, 0.15) is 6.23 Å². The Morgan fingerprint density at radius 3 is 2.63 bits per heavy atom. The molecule has 0 N–H and O–H groups in total. The first kappa shape index (κ1) is 16.0. The maximum Gasteiger partial charge on any atom is 0.335 e. The highest BCUT2D eigenvalue weighted by Crippen LogP contribution is 2.28. The van der Waals surface area contributed by atoms with Gasteiger partial charge in [-0.15, -0.1) is 0 Å². The van der Waals surface area contributed by atoms with Crippen LogP contribution in [0.25, 0.3) is 0 Å². The first-order chi connectivity index (χ1) is 9.15. The van der Waals surface area contributed by atoms with E-state index in [1.54, 1.807) is 0 Å². The second-order valence-electron chi connectivity index (χ2n) is 4.78. The lowest BCUT2D eigenvalue weighted by atomic mass is 10.0. The van der Waals surface area contributed by atoms with Crippen LogP contribution in [0.15, 0.2) is 11.3 Å². The van der Waals surface area contributed by atoms with Gasteiger partial charge in [-0.2, -0.15) is 0 Å². The summed E-state index contributed by atoms with van der Waals surface area (Å²) >= 11 is 0. The van der Waals surface area contributed by atoms with E-state index in [9.17, 15) is 4.79 Å². The number of hydrogen-bond donors (Lipinski definition) is 0. The van der Waals surface area contributed by atoms with Gasteiger partial charge in [0.25, 0.3) is 0 Å². The Bertz CT molecular complexity index is 325.